The van der Waals surface area contributed by atoms with Crippen LogP contribution in [0.25, 0.3) is 0 Å². The van der Waals surface area contributed by atoms with Gasteiger partial charge in [0.05, 0.1) is 32.2 Å². The number of amides is 1. The summed E-state index contributed by atoms with van der Waals surface area (Å²) in [5.74, 6) is 0.658. The summed E-state index contributed by atoms with van der Waals surface area (Å²) in [4.78, 5) is 19.0. The van der Waals surface area contributed by atoms with Crippen molar-refractivity contribution in [2.24, 2.45) is 0 Å². The number of nitrogens with one attached hydrogen (secondary N) is 1. The maximum Gasteiger partial charge on any atom is 0.256 e. The second-order valence-corrected chi connectivity index (χ2v) is 6.68. The largest absolute Gasteiger partial charge is 0.497 e. The zero-order chi connectivity index (χ0) is 18.7. The number of ether oxygens (including phenoxy) is 3. The molecule has 3 heterocycles. The highest BCUT2D eigenvalue weighted by Crippen LogP contribution is 2.33. The molecule has 1 spiro atoms. The van der Waals surface area contributed by atoms with Gasteiger partial charge in [-0.05, 0) is 36.4 Å². The number of piperidine rings is 1. The summed E-state index contributed by atoms with van der Waals surface area (Å²) in [6.45, 7) is 3.09. The molecule has 142 valence electrons. The van der Waals surface area contributed by atoms with Crippen LogP contribution in [0.4, 0.5) is 11.5 Å². The predicted octanol–water partition coefficient (Wildman–Crippen LogP) is 2.69. The molecule has 2 aromatic rings. The van der Waals surface area contributed by atoms with Crippen LogP contribution in [0.3, 0.4) is 0 Å². The molecule has 7 heteroatoms. The van der Waals surface area contributed by atoms with E-state index in [0.717, 1.165) is 31.6 Å². The van der Waals surface area contributed by atoms with E-state index in [1.165, 1.54) is 0 Å². The third kappa shape index (κ3) is 3.89. The number of hydrogen-bond donors (Lipinski definition) is 1. The molecule has 1 N–H and O–H groups in total. The Hall–Kier alpha value is -2.64. The van der Waals surface area contributed by atoms with Crippen LogP contribution in [0.2, 0.25) is 0 Å². The maximum atomic E-state index is 12.3. The Morgan fingerprint density at radius 2 is 1.81 bits per heavy atom. The average Bonchev–Trinajstić information content (AvgIpc) is 3.17. The highest BCUT2D eigenvalue weighted by atomic mass is 16.7. The van der Waals surface area contributed by atoms with Crippen molar-refractivity contribution in [1.82, 2.24) is 4.98 Å². The fourth-order valence-electron chi connectivity index (χ4n) is 3.47. The molecule has 2 saturated heterocycles. The van der Waals surface area contributed by atoms with Crippen LogP contribution in [0.5, 0.6) is 5.75 Å². The topological polar surface area (TPSA) is 72.9 Å². The van der Waals surface area contributed by atoms with Gasteiger partial charge in [-0.2, -0.15) is 0 Å². The van der Waals surface area contributed by atoms with E-state index in [9.17, 15) is 4.79 Å². The molecule has 0 saturated carbocycles. The second kappa shape index (κ2) is 7.54. The minimum atomic E-state index is -0.379. The molecule has 7 nitrogen and oxygen atoms in total. The Morgan fingerprint density at radius 3 is 2.41 bits per heavy atom. The fourth-order valence-corrected chi connectivity index (χ4v) is 3.47. The van der Waals surface area contributed by atoms with Crippen molar-refractivity contribution >= 4 is 17.4 Å². The molecular formula is C20H23N3O4. The van der Waals surface area contributed by atoms with Gasteiger partial charge in [-0.15, -0.1) is 0 Å². The van der Waals surface area contributed by atoms with Crippen molar-refractivity contribution in [3.63, 3.8) is 0 Å². The predicted molar refractivity (Wildman–Crippen MR) is 101 cm³/mol. The van der Waals surface area contributed by atoms with E-state index in [0.29, 0.717) is 30.3 Å². The van der Waals surface area contributed by atoms with Crippen LogP contribution in [-0.2, 0) is 9.47 Å². The van der Waals surface area contributed by atoms with Gasteiger partial charge in [0, 0.05) is 31.5 Å². The molecule has 0 unspecified atom stereocenters. The standard InChI is InChI=1S/C20H23N3O4/c1-25-17-5-2-15(3-6-17)19(24)22-18-7-4-16(14-21-18)23-10-8-20(9-11-23)26-12-13-27-20/h2-7,14H,8-13H2,1H3,(H,21,22,24). The van der Waals surface area contributed by atoms with Crippen molar-refractivity contribution in [1.29, 1.82) is 0 Å². The summed E-state index contributed by atoms with van der Waals surface area (Å²) >= 11 is 0. The van der Waals surface area contributed by atoms with Crippen molar-refractivity contribution in [3.8, 4) is 5.75 Å². The number of carbonyl (C=O) groups excluding carboxylic acids is 1. The SMILES string of the molecule is COc1ccc(C(=O)Nc2ccc(N3CCC4(CC3)OCCO4)cn2)cc1. The Balaban J connectivity index is 1.35. The van der Waals surface area contributed by atoms with Gasteiger partial charge in [-0.25, -0.2) is 4.98 Å². The van der Waals surface area contributed by atoms with Gasteiger partial charge in [0.2, 0.25) is 0 Å². The lowest BCUT2D eigenvalue weighted by Crippen LogP contribution is -2.45. The molecule has 0 radical (unpaired) electrons. The highest BCUT2D eigenvalue weighted by molar-refractivity contribution is 6.03. The molecular weight excluding hydrogens is 346 g/mol. The average molecular weight is 369 g/mol. The molecule has 1 amide bonds. The number of nitrogens with zero attached hydrogens (tertiary/aromatic N) is 2. The third-order valence-electron chi connectivity index (χ3n) is 5.05. The summed E-state index contributed by atoms with van der Waals surface area (Å²) in [6.07, 6.45) is 3.49. The van der Waals surface area contributed by atoms with Crippen LogP contribution in [-0.4, -0.2) is 50.1 Å². The Labute approximate surface area is 158 Å². The third-order valence-corrected chi connectivity index (χ3v) is 5.05. The summed E-state index contributed by atoms with van der Waals surface area (Å²) in [5, 5.41) is 2.82. The van der Waals surface area contributed by atoms with E-state index >= 15 is 0 Å². The van der Waals surface area contributed by atoms with Gasteiger partial charge in [-0.1, -0.05) is 0 Å². The van der Waals surface area contributed by atoms with E-state index in [4.69, 9.17) is 14.2 Å². The lowest BCUT2D eigenvalue weighted by molar-refractivity contribution is -0.169. The van der Waals surface area contributed by atoms with Gasteiger partial charge in [0.25, 0.3) is 5.91 Å². The zero-order valence-corrected chi connectivity index (χ0v) is 15.3. The Bertz CT molecular complexity index is 776. The summed E-state index contributed by atoms with van der Waals surface area (Å²) in [5.41, 5.74) is 1.59. The van der Waals surface area contributed by atoms with E-state index in [1.807, 2.05) is 12.1 Å². The fraction of sp³-hybridized carbons (Fsp3) is 0.400. The first-order chi connectivity index (χ1) is 13.2. The number of benzene rings is 1. The smallest absolute Gasteiger partial charge is 0.256 e. The van der Waals surface area contributed by atoms with Crippen LogP contribution in [0, 0.1) is 0 Å². The molecule has 2 aliphatic heterocycles. The molecule has 0 atom stereocenters. The number of pyridine rings is 1. The van der Waals surface area contributed by atoms with Crippen LogP contribution in [0.1, 0.15) is 23.2 Å². The number of carbonyl (C=O) groups is 1. The minimum absolute atomic E-state index is 0.201. The normalized spacial score (nSPS) is 18.5. The molecule has 1 aromatic heterocycles. The van der Waals surface area contributed by atoms with E-state index in [2.05, 4.69) is 15.2 Å². The summed E-state index contributed by atoms with van der Waals surface area (Å²) < 4.78 is 16.6. The molecule has 1 aromatic carbocycles. The lowest BCUT2D eigenvalue weighted by Gasteiger charge is -2.38. The van der Waals surface area contributed by atoms with Crippen LogP contribution < -0.4 is 15.0 Å². The number of methoxy groups -OCH3 is 1. The lowest BCUT2D eigenvalue weighted by atomic mass is 10.0. The first kappa shape index (κ1) is 17.8. The monoisotopic (exact) mass is 369 g/mol. The van der Waals surface area contributed by atoms with Gasteiger partial charge in [0.1, 0.15) is 11.6 Å². The van der Waals surface area contributed by atoms with Crippen molar-refractivity contribution in [2.45, 2.75) is 18.6 Å². The molecule has 27 heavy (non-hydrogen) atoms. The highest BCUT2D eigenvalue weighted by Gasteiger charge is 2.39. The molecule has 2 aliphatic rings. The zero-order valence-electron chi connectivity index (χ0n) is 15.3. The molecule has 0 bridgehead atoms. The number of aromatic nitrogens is 1. The van der Waals surface area contributed by atoms with Crippen LogP contribution >= 0.6 is 0 Å². The quantitative estimate of drug-likeness (QED) is 0.893. The minimum Gasteiger partial charge on any atom is -0.497 e. The van der Waals surface area contributed by atoms with Gasteiger partial charge >= 0.3 is 0 Å². The van der Waals surface area contributed by atoms with Crippen molar-refractivity contribution in [2.75, 3.05) is 43.6 Å². The summed E-state index contributed by atoms with van der Waals surface area (Å²) in [7, 11) is 1.59. The molecule has 4 rings (SSSR count). The van der Waals surface area contributed by atoms with Gasteiger partial charge in [-0.3, -0.25) is 4.79 Å². The van der Waals surface area contributed by atoms with Gasteiger partial charge < -0.3 is 24.4 Å². The number of anilines is 2. The second-order valence-electron chi connectivity index (χ2n) is 6.68. The summed E-state index contributed by atoms with van der Waals surface area (Å²) in [6, 6.07) is 10.8. The maximum absolute atomic E-state index is 12.3. The Morgan fingerprint density at radius 1 is 1.11 bits per heavy atom. The molecule has 2 fully saturated rings. The van der Waals surface area contributed by atoms with Crippen molar-refractivity contribution < 1.29 is 19.0 Å². The van der Waals surface area contributed by atoms with Crippen LogP contribution in [0.15, 0.2) is 42.6 Å². The van der Waals surface area contributed by atoms with Gasteiger partial charge in [0.15, 0.2) is 5.79 Å². The number of hydrogen-bond acceptors (Lipinski definition) is 6. The van der Waals surface area contributed by atoms with E-state index in [-0.39, 0.29) is 11.7 Å². The first-order valence-electron chi connectivity index (χ1n) is 9.12. The van der Waals surface area contributed by atoms with E-state index in [1.54, 1.807) is 37.6 Å². The first-order valence-corrected chi connectivity index (χ1v) is 9.12. The number of rotatable bonds is 4. The Kier molecular flexibility index (Phi) is 4.96. The van der Waals surface area contributed by atoms with E-state index < -0.39 is 0 Å². The van der Waals surface area contributed by atoms with Crippen molar-refractivity contribution in [3.05, 3.63) is 48.2 Å². The molecule has 0 aliphatic carbocycles.